The molecule has 0 unspecified atom stereocenters. The number of hydrogen-bond donors (Lipinski definition) is 0. The lowest BCUT2D eigenvalue weighted by Crippen LogP contribution is -2.02. The molecule has 1 heterocycles. The van der Waals surface area contributed by atoms with Crippen molar-refractivity contribution in [1.29, 1.82) is 0 Å². The van der Waals surface area contributed by atoms with Crippen LogP contribution in [0.2, 0.25) is 0 Å². The highest BCUT2D eigenvalue weighted by Gasteiger charge is 2.20. The van der Waals surface area contributed by atoms with Crippen molar-refractivity contribution in [2.75, 3.05) is 0 Å². The smallest absolute Gasteiger partial charge is 0.258 e. The summed E-state index contributed by atoms with van der Waals surface area (Å²) in [6, 6.07) is 5.02. The molecule has 1 aliphatic rings. The number of aryl methyl sites for hydroxylation is 2. The molecule has 0 fully saturated rings. The Balaban J connectivity index is 2.17. The summed E-state index contributed by atoms with van der Waals surface area (Å²) in [6.07, 6.45) is 1.81. The van der Waals surface area contributed by atoms with E-state index in [2.05, 4.69) is 4.98 Å². The van der Waals surface area contributed by atoms with Crippen molar-refractivity contribution < 1.29 is 4.92 Å². The lowest BCUT2D eigenvalue weighted by atomic mass is 9.93. The van der Waals surface area contributed by atoms with Gasteiger partial charge in [0.15, 0.2) is 0 Å². The standard InChI is InChI=1S/C11H8N2O2S/c14-13(15)8-2-3-9-7(5-8)1-4-10-11(9)12-6-16-10/h2-3,5-6H,1,4H2. The average molecular weight is 232 g/mol. The summed E-state index contributed by atoms with van der Waals surface area (Å²) in [5.74, 6) is 0. The highest BCUT2D eigenvalue weighted by atomic mass is 32.1. The lowest BCUT2D eigenvalue weighted by molar-refractivity contribution is -0.384. The zero-order valence-electron chi connectivity index (χ0n) is 8.34. The van der Waals surface area contributed by atoms with Crippen molar-refractivity contribution in [3.8, 4) is 11.3 Å². The van der Waals surface area contributed by atoms with Crippen LogP contribution >= 0.6 is 11.3 Å². The van der Waals surface area contributed by atoms with Crippen molar-refractivity contribution in [3.63, 3.8) is 0 Å². The second-order valence-electron chi connectivity index (χ2n) is 3.72. The summed E-state index contributed by atoms with van der Waals surface area (Å²) in [4.78, 5) is 15.9. The number of rotatable bonds is 1. The van der Waals surface area contributed by atoms with Gasteiger partial charge < -0.3 is 0 Å². The molecule has 0 radical (unpaired) electrons. The fourth-order valence-corrected chi connectivity index (χ4v) is 2.83. The Morgan fingerprint density at radius 1 is 1.38 bits per heavy atom. The van der Waals surface area contributed by atoms with E-state index in [1.54, 1.807) is 23.5 Å². The number of benzene rings is 1. The number of nitro groups is 1. The van der Waals surface area contributed by atoms with Crippen molar-refractivity contribution in [3.05, 3.63) is 44.3 Å². The molecule has 2 aromatic rings. The summed E-state index contributed by atoms with van der Waals surface area (Å²) < 4.78 is 0. The molecule has 16 heavy (non-hydrogen) atoms. The van der Waals surface area contributed by atoms with Crippen LogP contribution in [0.15, 0.2) is 23.7 Å². The van der Waals surface area contributed by atoms with Crippen LogP contribution in [0.3, 0.4) is 0 Å². The van der Waals surface area contributed by atoms with E-state index in [9.17, 15) is 10.1 Å². The minimum absolute atomic E-state index is 0.164. The number of fused-ring (bicyclic) bond motifs is 3. The highest BCUT2D eigenvalue weighted by Crippen LogP contribution is 2.35. The molecular weight excluding hydrogens is 224 g/mol. The van der Waals surface area contributed by atoms with Crippen LogP contribution in [0.25, 0.3) is 11.3 Å². The van der Waals surface area contributed by atoms with Gasteiger partial charge in [0.25, 0.3) is 5.69 Å². The second kappa shape index (κ2) is 3.38. The van der Waals surface area contributed by atoms with Gasteiger partial charge in [-0.15, -0.1) is 11.3 Å². The lowest BCUT2D eigenvalue weighted by Gasteiger charge is -2.14. The fraction of sp³-hybridized carbons (Fsp3) is 0.182. The number of nitrogens with zero attached hydrogens (tertiary/aromatic N) is 2. The Labute approximate surface area is 95.7 Å². The van der Waals surface area contributed by atoms with Gasteiger partial charge in [0.1, 0.15) is 0 Å². The fourth-order valence-electron chi connectivity index (χ4n) is 2.05. The summed E-state index contributed by atoms with van der Waals surface area (Å²) in [5.41, 5.74) is 5.08. The van der Waals surface area contributed by atoms with Gasteiger partial charge in [0.05, 0.1) is 16.1 Å². The first-order valence-corrected chi connectivity index (χ1v) is 5.84. The van der Waals surface area contributed by atoms with E-state index in [0.717, 1.165) is 29.7 Å². The minimum Gasteiger partial charge on any atom is -0.258 e. The Kier molecular flexibility index (Phi) is 2.00. The van der Waals surface area contributed by atoms with E-state index in [1.807, 2.05) is 11.6 Å². The number of non-ortho nitro benzene ring substituents is 1. The third-order valence-corrected chi connectivity index (χ3v) is 3.71. The number of hydrogen-bond acceptors (Lipinski definition) is 4. The Bertz CT molecular complexity index is 577. The van der Waals surface area contributed by atoms with Crippen molar-refractivity contribution in [2.24, 2.45) is 0 Å². The molecule has 0 aliphatic heterocycles. The molecular formula is C11H8N2O2S. The number of aromatic nitrogens is 1. The van der Waals surface area contributed by atoms with Crippen LogP contribution in [0.5, 0.6) is 0 Å². The van der Waals surface area contributed by atoms with Crippen molar-refractivity contribution in [2.45, 2.75) is 12.8 Å². The van der Waals surface area contributed by atoms with E-state index in [0.29, 0.717) is 0 Å². The molecule has 3 rings (SSSR count). The monoisotopic (exact) mass is 232 g/mol. The molecule has 0 amide bonds. The molecule has 0 atom stereocenters. The summed E-state index contributed by atoms with van der Waals surface area (Å²) in [7, 11) is 0. The first-order chi connectivity index (χ1) is 7.75. The maximum Gasteiger partial charge on any atom is 0.269 e. The molecule has 5 heteroatoms. The first-order valence-electron chi connectivity index (χ1n) is 4.96. The zero-order valence-corrected chi connectivity index (χ0v) is 9.16. The summed E-state index contributed by atoms with van der Waals surface area (Å²) in [6.45, 7) is 0. The molecule has 1 aromatic carbocycles. The average Bonchev–Trinajstić information content (AvgIpc) is 2.76. The molecule has 0 saturated carbocycles. The molecule has 80 valence electrons. The van der Waals surface area contributed by atoms with Crippen molar-refractivity contribution in [1.82, 2.24) is 4.98 Å². The molecule has 4 nitrogen and oxygen atoms in total. The predicted molar refractivity (Wildman–Crippen MR) is 61.6 cm³/mol. The highest BCUT2D eigenvalue weighted by molar-refractivity contribution is 7.10. The van der Waals surface area contributed by atoms with E-state index >= 15 is 0 Å². The van der Waals surface area contributed by atoms with Crippen molar-refractivity contribution >= 4 is 17.0 Å². The largest absolute Gasteiger partial charge is 0.269 e. The van der Waals surface area contributed by atoms with Gasteiger partial charge in [-0.2, -0.15) is 0 Å². The topological polar surface area (TPSA) is 56.0 Å². The maximum absolute atomic E-state index is 10.7. The molecule has 0 N–H and O–H groups in total. The van der Waals surface area contributed by atoms with E-state index in [4.69, 9.17) is 0 Å². The van der Waals surface area contributed by atoms with E-state index in [-0.39, 0.29) is 10.6 Å². The molecule has 0 saturated heterocycles. The minimum atomic E-state index is -0.350. The third-order valence-electron chi connectivity index (χ3n) is 2.82. The number of nitro benzene ring substituents is 1. The van der Waals surface area contributed by atoms with Crippen LogP contribution in [-0.2, 0) is 12.8 Å². The van der Waals surface area contributed by atoms with Gasteiger partial charge in [0, 0.05) is 22.6 Å². The predicted octanol–water partition coefficient (Wildman–Crippen LogP) is 2.82. The Hall–Kier alpha value is -1.75. The Morgan fingerprint density at radius 3 is 3.06 bits per heavy atom. The quantitative estimate of drug-likeness (QED) is 0.561. The molecule has 1 aromatic heterocycles. The second-order valence-corrected chi connectivity index (χ2v) is 4.66. The zero-order chi connectivity index (χ0) is 11.1. The van der Waals surface area contributed by atoms with Crippen LogP contribution in [-0.4, -0.2) is 9.91 Å². The van der Waals surface area contributed by atoms with Crippen LogP contribution in [0.1, 0.15) is 10.4 Å². The first kappa shape index (κ1) is 9.47. The third kappa shape index (κ3) is 1.32. The van der Waals surface area contributed by atoms with Gasteiger partial charge in [-0.25, -0.2) is 4.98 Å². The Morgan fingerprint density at radius 2 is 2.25 bits per heavy atom. The maximum atomic E-state index is 10.7. The van der Waals surface area contributed by atoms with E-state index in [1.165, 1.54) is 4.88 Å². The van der Waals surface area contributed by atoms with Gasteiger partial charge in [0.2, 0.25) is 0 Å². The normalized spacial score (nSPS) is 13.0. The van der Waals surface area contributed by atoms with Gasteiger partial charge in [-0.1, -0.05) is 0 Å². The van der Waals surface area contributed by atoms with E-state index < -0.39 is 0 Å². The summed E-state index contributed by atoms with van der Waals surface area (Å²) >= 11 is 1.65. The van der Waals surface area contributed by atoms with Crippen LogP contribution in [0.4, 0.5) is 5.69 Å². The number of thiazole rings is 1. The van der Waals surface area contributed by atoms with Gasteiger partial charge in [-0.3, -0.25) is 10.1 Å². The van der Waals surface area contributed by atoms with Crippen LogP contribution in [0, 0.1) is 10.1 Å². The van der Waals surface area contributed by atoms with Gasteiger partial charge >= 0.3 is 0 Å². The summed E-state index contributed by atoms with van der Waals surface area (Å²) in [5, 5.41) is 10.7. The van der Waals surface area contributed by atoms with Crippen LogP contribution < -0.4 is 0 Å². The van der Waals surface area contributed by atoms with Gasteiger partial charge in [-0.05, 0) is 24.5 Å². The molecule has 0 bridgehead atoms. The SMILES string of the molecule is O=[N+]([O-])c1ccc2c(c1)CCc1scnc1-2. The molecule has 1 aliphatic carbocycles. The molecule has 0 spiro atoms.